The van der Waals surface area contributed by atoms with Crippen molar-refractivity contribution in [3.05, 3.63) is 11.6 Å². The molecule has 0 saturated heterocycles. The minimum atomic E-state index is 0.594. The largest absolute Gasteiger partial charge is 0.311 e. The van der Waals surface area contributed by atoms with Crippen LogP contribution in [0, 0.1) is 0 Å². The van der Waals surface area contributed by atoms with E-state index in [0.29, 0.717) is 6.04 Å². The molecule has 0 bridgehead atoms. The van der Waals surface area contributed by atoms with Gasteiger partial charge in [-0.25, -0.2) is 0 Å². The van der Waals surface area contributed by atoms with Gasteiger partial charge in [0.1, 0.15) is 0 Å². The van der Waals surface area contributed by atoms with E-state index in [1.165, 1.54) is 17.9 Å². The third-order valence-electron chi connectivity index (χ3n) is 1.57. The molecular weight excluding hydrogens is 190 g/mol. The maximum atomic E-state index is 5.39. The molecule has 1 unspecified atom stereocenters. The molecule has 0 aliphatic heterocycles. The highest BCUT2D eigenvalue weighted by Crippen LogP contribution is 2.03. The number of rotatable bonds is 7. The number of halogens is 1. The topological polar surface area (TPSA) is 12.0 Å². The number of nitrogens with one attached hydrogen (secondary N) is 1. The van der Waals surface area contributed by atoms with Crippen molar-refractivity contribution >= 4 is 23.4 Å². The number of hydrogen-bond donors (Lipinski definition) is 1. The molecule has 0 fully saturated rings. The highest BCUT2D eigenvalue weighted by Gasteiger charge is 1.97. The standard InChI is InChI=1S/C9H18ClNS/c1-3-12-8-5-9(2)11-7-4-6-10/h4,6,9,11H,3,5,7-8H2,1-2H3/b6-4+. The van der Waals surface area contributed by atoms with Crippen LogP contribution < -0.4 is 5.32 Å². The smallest absolute Gasteiger partial charge is 0.0148 e. The van der Waals surface area contributed by atoms with E-state index in [1.807, 2.05) is 17.8 Å². The molecule has 0 aromatic heterocycles. The van der Waals surface area contributed by atoms with Crippen LogP contribution in [0.25, 0.3) is 0 Å². The zero-order valence-electron chi connectivity index (χ0n) is 7.85. The fourth-order valence-electron chi connectivity index (χ4n) is 0.820. The average Bonchev–Trinajstić information content (AvgIpc) is 2.06. The summed E-state index contributed by atoms with van der Waals surface area (Å²) in [5.41, 5.74) is 1.56. The SMILES string of the molecule is CCSCCC(C)NC/C=C/Cl. The lowest BCUT2D eigenvalue weighted by atomic mass is 10.2. The normalized spacial score (nSPS) is 13.9. The summed E-state index contributed by atoms with van der Waals surface area (Å²) in [6, 6.07) is 0.594. The number of hydrogen-bond acceptors (Lipinski definition) is 2. The third kappa shape index (κ3) is 8.44. The highest BCUT2D eigenvalue weighted by atomic mass is 35.5. The van der Waals surface area contributed by atoms with Crippen molar-refractivity contribution in [1.29, 1.82) is 0 Å². The van der Waals surface area contributed by atoms with Crippen LogP contribution in [0.2, 0.25) is 0 Å². The van der Waals surface area contributed by atoms with Gasteiger partial charge in [0.05, 0.1) is 0 Å². The Morgan fingerprint density at radius 3 is 2.92 bits per heavy atom. The summed E-state index contributed by atoms with van der Waals surface area (Å²) in [6.45, 7) is 5.28. The Bertz CT molecular complexity index is 117. The van der Waals surface area contributed by atoms with E-state index in [-0.39, 0.29) is 0 Å². The van der Waals surface area contributed by atoms with Crippen LogP contribution in [0.4, 0.5) is 0 Å². The van der Waals surface area contributed by atoms with Gasteiger partial charge in [0.15, 0.2) is 0 Å². The van der Waals surface area contributed by atoms with Crippen molar-refractivity contribution in [3.8, 4) is 0 Å². The Kier molecular flexibility index (Phi) is 9.70. The molecule has 0 aliphatic rings. The second-order valence-electron chi connectivity index (χ2n) is 2.66. The lowest BCUT2D eigenvalue weighted by Gasteiger charge is -2.10. The molecule has 1 atom stereocenters. The van der Waals surface area contributed by atoms with Crippen LogP contribution >= 0.6 is 23.4 Å². The van der Waals surface area contributed by atoms with Crippen LogP contribution in [-0.4, -0.2) is 24.1 Å². The van der Waals surface area contributed by atoms with Gasteiger partial charge in [0.2, 0.25) is 0 Å². The van der Waals surface area contributed by atoms with Gasteiger partial charge in [-0.1, -0.05) is 24.6 Å². The van der Waals surface area contributed by atoms with Crippen LogP contribution in [0.3, 0.4) is 0 Å². The summed E-state index contributed by atoms with van der Waals surface area (Å²) < 4.78 is 0. The first-order valence-corrected chi connectivity index (χ1v) is 5.96. The van der Waals surface area contributed by atoms with Crippen molar-refractivity contribution in [2.24, 2.45) is 0 Å². The molecule has 0 aliphatic carbocycles. The Balaban J connectivity index is 3.15. The second-order valence-corrected chi connectivity index (χ2v) is 4.30. The van der Waals surface area contributed by atoms with Gasteiger partial charge >= 0.3 is 0 Å². The Morgan fingerprint density at radius 2 is 2.33 bits per heavy atom. The van der Waals surface area contributed by atoms with Gasteiger partial charge in [0.25, 0.3) is 0 Å². The molecule has 0 heterocycles. The summed E-state index contributed by atoms with van der Waals surface area (Å²) in [4.78, 5) is 0. The molecule has 1 nitrogen and oxygen atoms in total. The lowest BCUT2D eigenvalue weighted by molar-refractivity contribution is 0.571. The van der Waals surface area contributed by atoms with Crippen LogP contribution in [0.15, 0.2) is 11.6 Å². The molecule has 3 heteroatoms. The lowest BCUT2D eigenvalue weighted by Crippen LogP contribution is -2.26. The summed E-state index contributed by atoms with van der Waals surface area (Å²) >= 11 is 7.38. The second kappa shape index (κ2) is 9.43. The predicted octanol–water partition coefficient (Wildman–Crippen LogP) is 2.86. The molecule has 0 aromatic carbocycles. The van der Waals surface area contributed by atoms with E-state index in [0.717, 1.165) is 6.54 Å². The average molecular weight is 208 g/mol. The summed E-state index contributed by atoms with van der Waals surface area (Å²) in [5, 5.41) is 3.36. The molecular formula is C9H18ClNS. The van der Waals surface area contributed by atoms with Gasteiger partial charge in [-0.3, -0.25) is 0 Å². The van der Waals surface area contributed by atoms with Crippen molar-refractivity contribution in [1.82, 2.24) is 5.32 Å². The van der Waals surface area contributed by atoms with E-state index >= 15 is 0 Å². The third-order valence-corrected chi connectivity index (χ3v) is 2.68. The van der Waals surface area contributed by atoms with Crippen LogP contribution in [0.1, 0.15) is 20.3 Å². The fraction of sp³-hybridized carbons (Fsp3) is 0.778. The van der Waals surface area contributed by atoms with Gasteiger partial charge < -0.3 is 5.32 Å². The summed E-state index contributed by atoms with van der Waals surface area (Å²) in [5.74, 6) is 2.46. The minimum Gasteiger partial charge on any atom is -0.311 e. The Hall–Kier alpha value is 0.340. The van der Waals surface area contributed by atoms with Crippen molar-refractivity contribution in [3.63, 3.8) is 0 Å². The van der Waals surface area contributed by atoms with Gasteiger partial charge in [0, 0.05) is 18.1 Å². The van der Waals surface area contributed by atoms with E-state index in [1.54, 1.807) is 5.54 Å². The van der Waals surface area contributed by atoms with E-state index in [4.69, 9.17) is 11.6 Å². The first kappa shape index (κ1) is 12.3. The molecule has 72 valence electrons. The minimum absolute atomic E-state index is 0.594. The monoisotopic (exact) mass is 207 g/mol. The number of thioether (sulfide) groups is 1. The van der Waals surface area contributed by atoms with E-state index < -0.39 is 0 Å². The predicted molar refractivity (Wildman–Crippen MR) is 60.1 cm³/mol. The van der Waals surface area contributed by atoms with Crippen LogP contribution in [0.5, 0.6) is 0 Å². The zero-order chi connectivity index (χ0) is 9.23. The van der Waals surface area contributed by atoms with E-state index in [2.05, 4.69) is 19.2 Å². The maximum Gasteiger partial charge on any atom is 0.0148 e. The van der Waals surface area contributed by atoms with Gasteiger partial charge in [-0.15, -0.1) is 0 Å². The maximum absolute atomic E-state index is 5.39. The summed E-state index contributed by atoms with van der Waals surface area (Å²) in [7, 11) is 0. The fourth-order valence-corrected chi connectivity index (χ4v) is 1.72. The first-order chi connectivity index (χ1) is 5.81. The molecule has 0 radical (unpaired) electrons. The quantitative estimate of drug-likeness (QED) is 0.645. The Labute approximate surface area is 84.9 Å². The molecule has 1 N–H and O–H groups in total. The van der Waals surface area contributed by atoms with Crippen molar-refractivity contribution < 1.29 is 0 Å². The summed E-state index contributed by atoms with van der Waals surface area (Å²) in [6.07, 6.45) is 3.15. The zero-order valence-corrected chi connectivity index (χ0v) is 9.42. The Morgan fingerprint density at radius 1 is 1.58 bits per heavy atom. The molecule has 0 spiro atoms. The van der Waals surface area contributed by atoms with Crippen LogP contribution in [-0.2, 0) is 0 Å². The van der Waals surface area contributed by atoms with Gasteiger partial charge in [-0.05, 0) is 24.9 Å². The molecule has 0 rings (SSSR count). The molecule has 0 amide bonds. The molecule has 0 aromatic rings. The van der Waals surface area contributed by atoms with E-state index in [9.17, 15) is 0 Å². The molecule has 12 heavy (non-hydrogen) atoms. The highest BCUT2D eigenvalue weighted by molar-refractivity contribution is 7.99. The van der Waals surface area contributed by atoms with Gasteiger partial charge in [-0.2, -0.15) is 11.8 Å². The van der Waals surface area contributed by atoms with Crippen molar-refractivity contribution in [2.45, 2.75) is 26.3 Å². The van der Waals surface area contributed by atoms with Crippen molar-refractivity contribution in [2.75, 3.05) is 18.1 Å². The molecule has 0 saturated carbocycles. The first-order valence-electron chi connectivity index (χ1n) is 4.37.